The third-order valence-electron chi connectivity index (χ3n) is 8.34. The minimum atomic E-state index is -3.94. The maximum absolute atomic E-state index is 13.8. The third-order valence-corrected chi connectivity index (χ3v) is 11.4. The molecule has 2 aliphatic rings. The quantitative estimate of drug-likeness (QED) is 0.176. The average molecular weight is 683 g/mol. The lowest BCUT2D eigenvalue weighted by atomic mass is 9.71. The molecule has 0 aliphatic carbocycles. The van der Waals surface area contributed by atoms with Gasteiger partial charge in [-0.1, -0.05) is 66.0 Å². The van der Waals surface area contributed by atoms with E-state index in [0.29, 0.717) is 41.7 Å². The Morgan fingerprint density at radius 3 is 2.02 bits per heavy atom. The van der Waals surface area contributed by atoms with Crippen molar-refractivity contribution in [2.45, 2.75) is 56.0 Å². The number of benzene rings is 3. The van der Waals surface area contributed by atoms with Crippen LogP contribution in [0.5, 0.6) is 5.75 Å². The highest BCUT2D eigenvalue weighted by Crippen LogP contribution is 2.54. The van der Waals surface area contributed by atoms with Crippen LogP contribution in [0.4, 0.5) is 4.79 Å². The zero-order valence-corrected chi connectivity index (χ0v) is 27.8. The second-order valence-corrected chi connectivity index (χ2v) is 14.4. The summed E-state index contributed by atoms with van der Waals surface area (Å²) >= 11 is 25.5. The molecule has 12 heteroatoms. The molecule has 0 aromatic heterocycles. The maximum atomic E-state index is 13.8. The summed E-state index contributed by atoms with van der Waals surface area (Å²) in [4.78, 5) is 20.0. The number of amides is 1. The molecular formula is C31H31Cl4N3O4S. The molecule has 0 bridgehead atoms. The molecule has 0 spiro atoms. The Balaban J connectivity index is 1.81. The zero-order valence-electron chi connectivity index (χ0n) is 23.9. The lowest BCUT2D eigenvalue weighted by molar-refractivity contribution is 0.149. The van der Waals surface area contributed by atoms with Crippen molar-refractivity contribution in [3.63, 3.8) is 0 Å². The summed E-state index contributed by atoms with van der Waals surface area (Å²) in [6.45, 7) is 6.84. The smallest absolute Gasteiger partial charge is 0.322 e. The summed E-state index contributed by atoms with van der Waals surface area (Å²) in [5, 5.41) is 0.269. The van der Waals surface area contributed by atoms with E-state index < -0.39 is 26.5 Å². The van der Waals surface area contributed by atoms with Crippen LogP contribution in [-0.4, -0.2) is 48.5 Å². The van der Waals surface area contributed by atoms with Crippen LogP contribution in [0, 0.1) is 0 Å². The van der Waals surface area contributed by atoms with Gasteiger partial charge in [0.15, 0.2) is 0 Å². The van der Waals surface area contributed by atoms with Crippen molar-refractivity contribution in [3.05, 3.63) is 92.4 Å². The van der Waals surface area contributed by atoms with Crippen molar-refractivity contribution >= 4 is 67.6 Å². The number of hydrogen-bond donors (Lipinski definition) is 0. The number of carbonyl (C=O) groups excluding carboxylic acids is 1. The lowest BCUT2D eigenvalue weighted by Gasteiger charge is -2.44. The Labute approximate surface area is 272 Å². The van der Waals surface area contributed by atoms with Gasteiger partial charge >= 0.3 is 5.37 Å². The van der Waals surface area contributed by atoms with Crippen LogP contribution in [-0.2, 0) is 21.1 Å². The van der Waals surface area contributed by atoms with Gasteiger partial charge in [-0.15, -0.1) is 0 Å². The summed E-state index contributed by atoms with van der Waals surface area (Å²) < 4.78 is 35.0. The molecule has 0 N–H and O–H groups in total. The van der Waals surface area contributed by atoms with Crippen LogP contribution in [0.1, 0.15) is 56.7 Å². The van der Waals surface area contributed by atoms with E-state index in [1.807, 2.05) is 45.0 Å². The second-order valence-electron chi connectivity index (χ2n) is 10.9. The van der Waals surface area contributed by atoms with Crippen LogP contribution >= 0.6 is 46.4 Å². The fourth-order valence-corrected chi connectivity index (χ4v) is 8.39. The van der Waals surface area contributed by atoms with E-state index in [-0.39, 0.29) is 27.1 Å². The highest BCUT2D eigenvalue weighted by Gasteiger charge is 2.59. The van der Waals surface area contributed by atoms with E-state index in [0.717, 1.165) is 18.4 Å². The number of sulfonamides is 1. The molecule has 1 fully saturated rings. The van der Waals surface area contributed by atoms with Gasteiger partial charge in [0, 0.05) is 29.2 Å². The molecule has 1 amide bonds. The number of nitrogens with zero attached hydrogens (tertiary/aromatic N) is 3. The van der Waals surface area contributed by atoms with E-state index in [4.69, 9.17) is 56.1 Å². The van der Waals surface area contributed by atoms with E-state index >= 15 is 0 Å². The number of hydrogen-bond acceptors (Lipinski definition) is 5. The molecular weight excluding hydrogens is 652 g/mol. The molecule has 2 aliphatic heterocycles. The number of ether oxygens (including phenoxy) is 1. The molecule has 0 saturated carbocycles. The Hall–Kier alpha value is -2.33. The van der Waals surface area contributed by atoms with Gasteiger partial charge in [0.05, 0.1) is 17.2 Å². The zero-order chi connectivity index (χ0) is 31.2. The van der Waals surface area contributed by atoms with Gasteiger partial charge in [0.2, 0.25) is 10.0 Å². The molecule has 43 heavy (non-hydrogen) atoms. The van der Waals surface area contributed by atoms with Gasteiger partial charge in [-0.3, -0.25) is 14.7 Å². The Morgan fingerprint density at radius 1 is 0.930 bits per heavy atom. The topological polar surface area (TPSA) is 79.3 Å². The maximum Gasteiger partial charge on any atom is 0.322 e. The number of rotatable bonds is 8. The van der Waals surface area contributed by atoms with Gasteiger partial charge in [-0.25, -0.2) is 8.42 Å². The molecule has 3 aromatic carbocycles. The van der Waals surface area contributed by atoms with E-state index in [1.54, 1.807) is 24.3 Å². The molecule has 2 heterocycles. The summed E-state index contributed by atoms with van der Waals surface area (Å²) in [6, 6.07) is 17.2. The SMILES string of the molecule is CCCOc1cc(Cl)c(S(=O)(=O)N2CCCC2)cc1C1=N[C@@](C)(c2ccc(Cl)cc2)[C@@](C)(c2ccc(Cl)cc2)N1C(=O)Cl. The predicted octanol–water partition coefficient (Wildman–Crippen LogP) is 8.47. The van der Waals surface area contributed by atoms with Crippen molar-refractivity contribution in [2.75, 3.05) is 19.7 Å². The Kier molecular flexibility index (Phi) is 9.12. The van der Waals surface area contributed by atoms with Gasteiger partial charge in [-0.05, 0) is 86.2 Å². The minimum absolute atomic E-state index is 0.0185. The van der Waals surface area contributed by atoms with E-state index in [2.05, 4.69) is 0 Å². The molecule has 3 aromatic rings. The Bertz CT molecular complexity index is 1680. The van der Waals surface area contributed by atoms with Gasteiger partial charge < -0.3 is 4.74 Å². The average Bonchev–Trinajstić information content (AvgIpc) is 3.59. The minimum Gasteiger partial charge on any atom is -0.493 e. The normalized spacial score (nSPS) is 22.6. The predicted molar refractivity (Wildman–Crippen MR) is 172 cm³/mol. The van der Waals surface area contributed by atoms with Gasteiger partial charge in [0.25, 0.3) is 0 Å². The molecule has 0 radical (unpaired) electrons. The van der Waals surface area contributed by atoms with Crippen molar-refractivity contribution in [2.24, 2.45) is 4.99 Å². The van der Waals surface area contributed by atoms with Crippen LogP contribution < -0.4 is 4.74 Å². The Morgan fingerprint density at radius 2 is 1.49 bits per heavy atom. The first-order valence-electron chi connectivity index (χ1n) is 13.9. The lowest BCUT2D eigenvalue weighted by Crippen LogP contribution is -2.53. The largest absolute Gasteiger partial charge is 0.493 e. The van der Waals surface area contributed by atoms with E-state index in [9.17, 15) is 13.2 Å². The first-order valence-corrected chi connectivity index (χ1v) is 16.9. The molecule has 228 valence electrons. The summed E-state index contributed by atoms with van der Waals surface area (Å²) in [5.74, 6) is 0.434. The monoisotopic (exact) mass is 681 g/mol. The first-order chi connectivity index (χ1) is 20.3. The van der Waals surface area contributed by atoms with Crippen LogP contribution in [0.25, 0.3) is 0 Å². The number of halogens is 4. The standard InChI is InChI=1S/C31H31Cl4N3O4S/c1-4-17-42-26-19-25(34)27(43(40,41)37-15-5-6-16-37)18-24(26)28-36-30(2,20-7-11-22(32)12-8-20)31(3,38(28)29(35)39)21-9-13-23(33)14-10-21/h7-14,18-19H,4-6,15-17H2,1-3H3/t30-,31+/m0/s1. The number of carbonyl (C=O) groups is 1. The van der Waals surface area contributed by atoms with Crippen LogP contribution in [0.15, 0.2) is 70.6 Å². The highest BCUT2D eigenvalue weighted by atomic mass is 35.5. The second kappa shape index (κ2) is 12.2. The fourth-order valence-electron chi connectivity index (χ4n) is 5.85. The number of aliphatic imine (C=N–C) groups is 1. The summed E-state index contributed by atoms with van der Waals surface area (Å²) in [5.41, 5.74) is -0.586. The van der Waals surface area contributed by atoms with Crippen molar-refractivity contribution in [1.82, 2.24) is 9.21 Å². The molecule has 1 saturated heterocycles. The van der Waals surface area contributed by atoms with Crippen molar-refractivity contribution < 1.29 is 17.9 Å². The first kappa shape index (κ1) is 32.1. The van der Waals surface area contributed by atoms with Gasteiger partial charge in [-0.2, -0.15) is 4.31 Å². The van der Waals surface area contributed by atoms with E-state index in [1.165, 1.54) is 21.3 Å². The molecule has 0 unspecified atom stereocenters. The van der Waals surface area contributed by atoms with Crippen molar-refractivity contribution in [3.8, 4) is 5.75 Å². The molecule has 7 nitrogen and oxygen atoms in total. The summed E-state index contributed by atoms with van der Waals surface area (Å²) in [6.07, 6.45) is 2.21. The van der Waals surface area contributed by atoms with Crippen LogP contribution in [0.2, 0.25) is 15.1 Å². The van der Waals surface area contributed by atoms with Crippen molar-refractivity contribution in [1.29, 1.82) is 0 Å². The highest BCUT2D eigenvalue weighted by molar-refractivity contribution is 7.89. The third kappa shape index (κ3) is 5.55. The van der Waals surface area contributed by atoms with Gasteiger partial charge in [0.1, 0.15) is 27.6 Å². The fraction of sp³-hybridized carbons (Fsp3) is 0.355. The van der Waals surface area contributed by atoms with Crippen LogP contribution in [0.3, 0.4) is 0 Å². The number of amidine groups is 1. The summed E-state index contributed by atoms with van der Waals surface area (Å²) in [7, 11) is -3.94. The molecule has 5 rings (SSSR count). The molecule has 2 atom stereocenters.